The fourth-order valence-corrected chi connectivity index (χ4v) is 3.11. The van der Waals surface area contributed by atoms with E-state index in [1.807, 2.05) is 37.4 Å². The van der Waals surface area contributed by atoms with Crippen LogP contribution in [0.25, 0.3) is 0 Å². The Morgan fingerprint density at radius 2 is 1.65 bits per heavy atom. The molecule has 0 atom stereocenters. The molecule has 0 aliphatic carbocycles. The summed E-state index contributed by atoms with van der Waals surface area (Å²) in [6.07, 6.45) is 0.857. The van der Waals surface area contributed by atoms with E-state index in [-0.39, 0.29) is 5.91 Å². The van der Waals surface area contributed by atoms with Crippen molar-refractivity contribution in [1.29, 1.82) is 0 Å². The quantitative estimate of drug-likeness (QED) is 0.713. The largest absolute Gasteiger partial charge is 0.493 e. The van der Waals surface area contributed by atoms with Gasteiger partial charge < -0.3 is 20.1 Å². The fourth-order valence-electron chi connectivity index (χ4n) is 3.11. The lowest BCUT2D eigenvalue weighted by Gasteiger charge is -2.12. The number of hydrogen-bond donors (Lipinski definition) is 2. The van der Waals surface area contributed by atoms with Crippen LogP contribution in [-0.4, -0.2) is 33.2 Å². The smallest absolute Gasteiger partial charge is 0.279 e. The zero-order valence-electron chi connectivity index (χ0n) is 16.3. The van der Waals surface area contributed by atoms with Crippen LogP contribution in [0.2, 0.25) is 0 Å². The predicted molar refractivity (Wildman–Crippen MR) is 104 cm³/mol. The average molecular weight is 357 g/mol. The van der Waals surface area contributed by atoms with Gasteiger partial charge in [-0.25, -0.2) is 0 Å². The van der Waals surface area contributed by atoms with E-state index in [1.165, 1.54) is 5.56 Å². The van der Waals surface area contributed by atoms with Gasteiger partial charge in [-0.3, -0.25) is 4.79 Å². The number of amides is 1. The summed E-state index contributed by atoms with van der Waals surface area (Å²) in [5, 5.41) is 5.05. The van der Waals surface area contributed by atoms with Gasteiger partial charge in [-0.05, 0) is 49.6 Å². The van der Waals surface area contributed by atoms with Gasteiger partial charge in [-0.15, -0.1) is 0 Å². The number of benzene rings is 2. The number of aryl methyl sites for hydroxylation is 3. The number of nitrogens with two attached hydrogens (primary N) is 1. The topological polar surface area (TPSA) is 64.2 Å². The van der Waals surface area contributed by atoms with Crippen LogP contribution < -0.4 is 20.1 Å². The summed E-state index contributed by atoms with van der Waals surface area (Å²) >= 11 is 0. The van der Waals surface area contributed by atoms with E-state index in [2.05, 4.69) is 24.4 Å². The third-order valence-corrected chi connectivity index (χ3v) is 4.36. The molecule has 2 rings (SSSR count). The van der Waals surface area contributed by atoms with Gasteiger partial charge in [0, 0.05) is 12.1 Å². The number of carbonyl (C=O) groups is 1. The van der Waals surface area contributed by atoms with Crippen LogP contribution in [-0.2, 0) is 11.2 Å². The van der Waals surface area contributed by atoms with Crippen molar-refractivity contribution in [3.8, 4) is 11.5 Å². The number of ether oxygens (including phenoxy) is 2. The number of anilines is 1. The van der Waals surface area contributed by atoms with Crippen LogP contribution in [0.1, 0.15) is 22.3 Å². The van der Waals surface area contributed by atoms with Gasteiger partial charge in [0.1, 0.15) is 0 Å². The molecule has 0 fully saturated rings. The van der Waals surface area contributed by atoms with E-state index >= 15 is 0 Å². The van der Waals surface area contributed by atoms with Crippen LogP contribution in [0, 0.1) is 20.8 Å². The highest BCUT2D eigenvalue weighted by Gasteiger charge is 2.10. The maximum absolute atomic E-state index is 12.2. The minimum Gasteiger partial charge on any atom is -0.493 e. The van der Waals surface area contributed by atoms with Gasteiger partial charge in [-0.1, -0.05) is 23.8 Å². The van der Waals surface area contributed by atoms with E-state index in [1.54, 1.807) is 14.2 Å². The molecule has 2 aromatic rings. The summed E-state index contributed by atoms with van der Waals surface area (Å²) in [7, 11) is 3.26. The molecule has 140 valence electrons. The van der Waals surface area contributed by atoms with Crippen molar-refractivity contribution < 1.29 is 19.6 Å². The van der Waals surface area contributed by atoms with Crippen molar-refractivity contribution in [3.05, 3.63) is 52.6 Å². The Balaban J connectivity index is 1.82. The summed E-state index contributed by atoms with van der Waals surface area (Å²) in [5.74, 6) is 1.48. The zero-order valence-corrected chi connectivity index (χ0v) is 16.3. The first-order valence-electron chi connectivity index (χ1n) is 8.85. The first-order valence-corrected chi connectivity index (χ1v) is 8.85. The van der Waals surface area contributed by atoms with Gasteiger partial charge in [-0.2, -0.15) is 0 Å². The highest BCUT2D eigenvalue weighted by atomic mass is 16.5. The molecule has 0 aliphatic heterocycles. The molecule has 5 nitrogen and oxygen atoms in total. The molecule has 0 saturated carbocycles. The molecule has 1 amide bonds. The molecule has 0 spiro atoms. The minimum atomic E-state index is 0.0207. The van der Waals surface area contributed by atoms with Gasteiger partial charge in [0.05, 0.1) is 20.8 Å². The normalized spacial score (nSPS) is 10.5. The first-order chi connectivity index (χ1) is 12.4. The lowest BCUT2D eigenvalue weighted by molar-refractivity contribution is -0.643. The van der Waals surface area contributed by atoms with Gasteiger partial charge in [0.25, 0.3) is 5.91 Å². The minimum absolute atomic E-state index is 0.0207. The van der Waals surface area contributed by atoms with Gasteiger partial charge in [0.15, 0.2) is 18.0 Å². The number of methoxy groups -OCH3 is 2. The Kier molecular flexibility index (Phi) is 7.04. The molecule has 5 heteroatoms. The van der Waals surface area contributed by atoms with Crippen LogP contribution in [0.15, 0.2) is 30.3 Å². The Hall–Kier alpha value is -2.53. The van der Waals surface area contributed by atoms with Crippen LogP contribution >= 0.6 is 0 Å². The van der Waals surface area contributed by atoms with E-state index in [0.29, 0.717) is 6.54 Å². The molecule has 0 unspecified atom stereocenters. The molecule has 3 N–H and O–H groups in total. The first kappa shape index (κ1) is 19.8. The van der Waals surface area contributed by atoms with Crippen molar-refractivity contribution in [2.24, 2.45) is 0 Å². The molecular formula is C21H29N2O3+. The summed E-state index contributed by atoms with van der Waals surface area (Å²) in [5.41, 5.74) is 5.49. The Bertz CT molecular complexity index is 749. The SMILES string of the molecule is COc1ccc(CC[NH2+]CC(=O)Nc2c(C)cc(C)cc2C)cc1OC. The summed E-state index contributed by atoms with van der Waals surface area (Å²) < 4.78 is 10.6. The van der Waals surface area contributed by atoms with E-state index in [9.17, 15) is 4.79 Å². The molecule has 0 saturated heterocycles. The second-order valence-electron chi connectivity index (χ2n) is 6.54. The summed E-state index contributed by atoms with van der Waals surface area (Å²) in [4.78, 5) is 12.2. The second-order valence-corrected chi connectivity index (χ2v) is 6.54. The lowest BCUT2D eigenvalue weighted by atomic mass is 10.1. The predicted octanol–water partition coefficient (Wildman–Crippen LogP) is 2.37. The molecule has 2 aromatic carbocycles. The highest BCUT2D eigenvalue weighted by molar-refractivity contribution is 5.93. The standard InChI is InChI=1S/C21H28N2O3/c1-14-10-15(2)21(16(3)11-14)23-20(24)13-22-9-8-17-6-7-18(25-4)19(12-17)26-5/h6-7,10-12,22H,8-9,13H2,1-5H3,(H,23,24)/p+1. The van der Waals surface area contributed by atoms with Crippen LogP contribution in [0.5, 0.6) is 11.5 Å². The van der Waals surface area contributed by atoms with E-state index in [4.69, 9.17) is 9.47 Å². The highest BCUT2D eigenvalue weighted by Crippen LogP contribution is 2.27. The van der Waals surface area contributed by atoms with Gasteiger partial charge in [0.2, 0.25) is 0 Å². The molecule has 0 aromatic heterocycles. The van der Waals surface area contributed by atoms with Crippen molar-refractivity contribution >= 4 is 11.6 Å². The van der Waals surface area contributed by atoms with Crippen LogP contribution in [0.4, 0.5) is 5.69 Å². The maximum atomic E-state index is 12.2. The second kappa shape index (κ2) is 9.25. The van der Waals surface area contributed by atoms with E-state index in [0.717, 1.165) is 46.8 Å². The summed E-state index contributed by atoms with van der Waals surface area (Å²) in [6, 6.07) is 10.1. The Morgan fingerprint density at radius 1 is 1.00 bits per heavy atom. The fraction of sp³-hybridized carbons (Fsp3) is 0.381. The molecule has 26 heavy (non-hydrogen) atoms. The number of quaternary nitrogens is 1. The molecule has 0 aliphatic rings. The average Bonchev–Trinajstić information content (AvgIpc) is 2.61. The Morgan fingerprint density at radius 3 is 2.27 bits per heavy atom. The number of carbonyl (C=O) groups excluding carboxylic acids is 1. The monoisotopic (exact) mass is 357 g/mol. The molecule has 0 radical (unpaired) electrons. The zero-order chi connectivity index (χ0) is 19.1. The Labute approximate surface area is 155 Å². The van der Waals surface area contributed by atoms with Crippen molar-refractivity contribution in [1.82, 2.24) is 0 Å². The van der Waals surface area contributed by atoms with Crippen molar-refractivity contribution in [2.45, 2.75) is 27.2 Å². The third-order valence-electron chi connectivity index (χ3n) is 4.36. The number of rotatable bonds is 8. The van der Waals surface area contributed by atoms with Crippen LogP contribution in [0.3, 0.4) is 0 Å². The third kappa shape index (κ3) is 5.23. The lowest BCUT2D eigenvalue weighted by Crippen LogP contribution is -2.86. The van der Waals surface area contributed by atoms with Crippen molar-refractivity contribution in [2.75, 3.05) is 32.6 Å². The maximum Gasteiger partial charge on any atom is 0.279 e. The van der Waals surface area contributed by atoms with Crippen molar-refractivity contribution in [3.63, 3.8) is 0 Å². The number of nitrogens with one attached hydrogen (secondary N) is 1. The molecule has 0 heterocycles. The number of hydrogen-bond acceptors (Lipinski definition) is 3. The molecular weight excluding hydrogens is 328 g/mol. The summed E-state index contributed by atoms with van der Waals surface area (Å²) in [6.45, 7) is 7.34. The van der Waals surface area contributed by atoms with E-state index < -0.39 is 0 Å². The van der Waals surface area contributed by atoms with Gasteiger partial charge >= 0.3 is 0 Å². The molecule has 0 bridgehead atoms.